The fraction of sp³-hybridized carbons (Fsp3) is 0.333. The fourth-order valence-corrected chi connectivity index (χ4v) is 1.41. The maximum Gasteiger partial charge on any atom is 0.340 e. The molecule has 0 amide bonds. The van der Waals surface area contributed by atoms with Crippen LogP contribution < -0.4 is 11.5 Å². The van der Waals surface area contributed by atoms with Gasteiger partial charge in [-0.15, -0.1) is 0 Å². The molecule has 0 spiro atoms. The van der Waals surface area contributed by atoms with Crippen molar-refractivity contribution in [2.75, 3.05) is 18.9 Å². The molecule has 0 saturated carbocycles. The minimum atomic E-state index is -0.483. The maximum atomic E-state index is 11.6. The Morgan fingerprint density at radius 1 is 1.35 bits per heavy atom. The van der Waals surface area contributed by atoms with E-state index in [9.17, 15) is 9.59 Å². The van der Waals surface area contributed by atoms with Crippen molar-refractivity contribution < 1.29 is 14.3 Å². The molecule has 5 heteroatoms. The van der Waals surface area contributed by atoms with E-state index >= 15 is 0 Å². The fourth-order valence-electron chi connectivity index (χ4n) is 1.41. The minimum absolute atomic E-state index is 0.0883. The molecule has 1 aromatic carbocycles. The van der Waals surface area contributed by atoms with Crippen LogP contribution in [0.1, 0.15) is 34.1 Å². The van der Waals surface area contributed by atoms with Gasteiger partial charge in [-0.1, -0.05) is 6.07 Å². The average molecular weight is 236 g/mol. The Bertz CT molecular complexity index is 430. The van der Waals surface area contributed by atoms with Crippen LogP contribution in [0, 0.1) is 0 Å². The number of hydrogen-bond acceptors (Lipinski definition) is 5. The van der Waals surface area contributed by atoms with E-state index < -0.39 is 5.97 Å². The SMILES string of the molecule is CCOC(=O)c1ccc(C(=O)CCN)cc1N. The molecule has 0 aliphatic heterocycles. The molecule has 4 N–H and O–H groups in total. The van der Waals surface area contributed by atoms with Crippen LogP contribution in [0.5, 0.6) is 0 Å². The first-order chi connectivity index (χ1) is 8.10. The smallest absolute Gasteiger partial charge is 0.340 e. The molecule has 0 saturated heterocycles. The zero-order chi connectivity index (χ0) is 12.8. The molecule has 0 atom stereocenters. The number of Topliss-reactive ketones (excluding diaryl/α,β-unsaturated/α-hetero) is 1. The van der Waals surface area contributed by atoms with Crippen molar-refractivity contribution in [3.05, 3.63) is 29.3 Å². The zero-order valence-corrected chi connectivity index (χ0v) is 9.73. The van der Waals surface area contributed by atoms with Gasteiger partial charge in [-0.3, -0.25) is 4.79 Å². The highest BCUT2D eigenvalue weighted by Gasteiger charge is 2.13. The van der Waals surface area contributed by atoms with Crippen molar-refractivity contribution >= 4 is 17.4 Å². The number of hydrogen-bond donors (Lipinski definition) is 2. The molecule has 1 rings (SSSR count). The Hall–Kier alpha value is -1.88. The first-order valence-corrected chi connectivity index (χ1v) is 5.40. The average Bonchev–Trinajstić information content (AvgIpc) is 2.29. The number of carbonyl (C=O) groups is 2. The molecular formula is C12H16N2O3. The predicted octanol–water partition coefficient (Wildman–Crippen LogP) is 0.977. The first-order valence-electron chi connectivity index (χ1n) is 5.40. The third kappa shape index (κ3) is 3.29. The number of esters is 1. The number of rotatable bonds is 5. The van der Waals surface area contributed by atoms with Crippen LogP contribution in [-0.4, -0.2) is 24.9 Å². The van der Waals surface area contributed by atoms with Crippen molar-refractivity contribution in [1.29, 1.82) is 0 Å². The summed E-state index contributed by atoms with van der Waals surface area (Å²) in [6, 6.07) is 4.53. The number of benzene rings is 1. The summed E-state index contributed by atoms with van der Waals surface area (Å²) in [6.45, 7) is 2.29. The van der Waals surface area contributed by atoms with E-state index in [0.717, 1.165) is 0 Å². The molecule has 0 aromatic heterocycles. The molecule has 92 valence electrons. The Morgan fingerprint density at radius 3 is 2.59 bits per heavy atom. The summed E-state index contributed by atoms with van der Waals surface area (Å²) in [5.74, 6) is -0.572. The van der Waals surface area contributed by atoms with Gasteiger partial charge in [-0.2, -0.15) is 0 Å². The van der Waals surface area contributed by atoms with E-state index in [1.54, 1.807) is 13.0 Å². The summed E-state index contributed by atoms with van der Waals surface area (Å²) in [6.07, 6.45) is 0.262. The zero-order valence-electron chi connectivity index (χ0n) is 9.73. The van der Waals surface area contributed by atoms with Crippen LogP contribution in [0.15, 0.2) is 18.2 Å². The van der Waals surface area contributed by atoms with Crippen molar-refractivity contribution in [3.8, 4) is 0 Å². The quantitative estimate of drug-likeness (QED) is 0.451. The molecular weight excluding hydrogens is 220 g/mol. The van der Waals surface area contributed by atoms with Crippen molar-refractivity contribution in [1.82, 2.24) is 0 Å². The minimum Gasteiger partial charge on any atom is -0.462 e. The van der Waals surface area contributed by atoms with E-state index in [-0.39, 0.29) is 30.1 Å². The second-order valence-corrected chi connectivity index (χ2v) is 3.48. The monoisotopic (exact) mass is 236 g/mol. The van der Waals surface area contributed by atoms with Gasteiger partial charge in [0.15, 0.2) is 5.78 Å². The number of carbonyl (C=O) groups excluding carboxylic acids is 2. The first kappa shape index (κ1) is 13.2. The molecule has 0 aliphatic carbocycles. The molecule has 0 radical (unpaired) electrons. The van der Waals surface area contributed by atoms with Crippen LogP contribution in [0.4, 0.5) is 5.69 Å². The lowest BCUT2D eigenvalue weighted by Crippen LogP contribution is -2.11. The lowest BCUT2D eigenvalue weighted by Gasteiger charge is -2.07. The summed E-state index contributed by atoms with van der Waals surface area (Å²) < 4.78 is 4.83. The predicted molar refractivity (Wildman–Crippen MR) is 64.8 cm³/mol. The molecule has 5 nitrogen and oxygen atoms in total. The number of nitrogens with two attached hydrogens (primary N) is 2. The largest absolute Gasteiger partial charge is 0.462 e. The normalized spacial score (nSPS) is 10.0. The molecule has 0 aliphatic rings. The van der Waals surface area contributed by atoms with E-state index in [4.69, 9.17) is 16.2 Å². The highest BCUT2D eigenvalue weighted by molar-refractivity contribution is 6.00. The van der Waals surface area contributed by atoms with Crippen molar-refractivity contribution in [2.45, 2.75) is 13.3 Å². The molecule has 17 heavy (non-hydrogen) atoms. The van der Waals surface area contributed by atoms with Crippen LogP contribution in [0.25, 0.3) is 0 Å². The van der Waals surface area contributed by atoms with Gasteiger partial charge in [0.25, 0.3) is 0 Å². The Balaban J connectivity index is 2.93. The maximum absolute atomic E-state index is 11.6. The number of ketones is 1. The topological polar surface area (TPSA) is 95.4 Å². The van der Waals surface area contributed by atoms with Gasteiger partial charge in [0.2, 0.25) is 0 Å². The number of anilines is 1. The highest BCUT2D eigenvalue weighted by Crippen LogP contribution is 2.16. The highest BCUT2D eigenvalue weighted by atomic mass is 16.5. The van der Waals surface area contributed by atoms with Gasteiger partial charge < -0.3 is 16.2 Å². The standard InChI is InChI=1S/C12H16N2O3/c1-2-17-12(16)9-4-3-8(7-10(9)14)11(15)5-6-13/h3-4,7H,2,5-6,13-14H2,1H3. The van der Waals surface area contributed by atoms with Crippen LogP contribution in [0.2, 0.25) is 0 Å². The lowest BCUT2D eigenvalue weighted by molar-refractivity contribution is 0.0527. The summed E-state index contributed by atoms with van der Waals surface area (Å²) in [4.78, 5) is 23.0. The second-order valence-electron chi connectivity index (χ2n) is 3.48. The van der Waals surface area contributed by atoms with Gasteiger partial charge >= 0.3 is 5.97 Å². The van der Waals surface area contributed by atoms with E-state index in [2.05, 4.69) is 0 Å². The van der Waals surface area contributed by atoms with Crippen LogP contribution >= 0.6 is 0 Å². The molecule has 0 fully saturated rings. The Morgan fingerprint density at radius 2 is 2.06 bits per heavy atom. The third-order valence-corrected chi connectivity index (χ3v) is 2.24. The van der Waals surface area contributed by atoms with Gasteiger partial charge in [0, 0.05) is 17.7 Å². The van der Waals surface area contributed by atoms with E-state index in [1.807, 2.05) is 0 Å². The third-order valence-electron chi connectivity index (χ3n) is 2.24. The summed E-state index contributed by atoms with van der Waals surface area (Å²) in [5.41, 5.74) is 12.0. The van der Waals surface area contributed by atoms with E-state index in [1.165, 1.54) is 12.1 Å². The van der Waals surface area contributed by atoms with E-state index in [0.29, 0.717) is 12.1 Å². The van der Waals surface area contributed by atoms with Gasteiger partial charge in [0.05, 0.1) is 12.2 Å². The number of nitrogen functional groups attached to an aromatic ring is 1. The molecule has 0 bridgehead atoms. The number of ether oxygens (including phenoxy) is 1. The van der Waals surface area contributed by atoms with Gasteiger partial charge in [-0.05, 0) is 25.6 Å². The van der Waals surface area contributed by atoms with Crippen molar-refractivity contribution in [3.63, 3.8) is 0 Å². The molecule has 0 unspecified atom stereocenters. The van der Waals surface area contributed by atoms with Gasteiger partial charge in [0.1, 0.15) is 0 Å². The lowest BCUT2D eigenvalue weighted by atomic mass is 10.0. The Labute approximate surface area is 99.7 Å². The molecule has 1 aromatic rings. The summed E-state index contributed by atoms with van der Waals surface area (Å²) in [7, 11) is 0. The summed E-state index contributed by atoms with van der Waals surface area (Å²) >= 11 is 0. The second kappa shape index (κ2) is 6.00. The summed E-state index contributed by atoms with van der Waals surface area (Å²) in [5, 5.41) is 0. The van der Waals surface area contributed by atoms with Crippen LogP contribution in [-0.2, 0) is 4.74 Å². The molecule has 0 heterocycles. The Kier molecular flexibility index (Phi) is 4.66. The van der Waals surface area contributed by atoms with Gasteiger partial charge in [-0.25, -0.2) is 4.79 Å². The van der Waals surface area contributed by atoms with Crippen LogP contribution in [0.3, 0.4) is 0 Å². The van der Waals surface area contributed by atoms with Crippen molar-refractivity contribution in [2.24, 2.45) is 5.73 Å².